The molecule has 1 aliphatic heterocycles. The predicted octanol–water partition coefficient (Wildman–Crippen LogP) is 2.62. The number of nitrogens with one attached hydrogen (secondary N) is 2. The Morgan fingerprint density at radius 2 is 1.75 bits per heavy atom. The van der Waals surface area contributed by atoms with Crippen molar-refractivity contribution in [3.63, 3.8) is 0 Å². The fourth-order valence-electron chi connectivity index (χ4n) is 3.39. The van der Waals surface area contributed by atoms with Gasteiger partial charge in [-0.25, -0.2) is 0 Å². The van der Waals surface area contributed by atoms with E-state index in [-0.39, 0.29) is 17.9 Å². The minimum atomic E-state index is -0.138. The van der Waals surface area contributed by atoms with Crippen molar-refractivity contribution in [2.75, 3.05) is 19.6 Å². The Morgan fingerprint density at radius 1 is 1.07 bits per heavy atom. The molecule has 1 saturated heterocycles. The molecule has 0 bridgehead atoms. The second kappa shape index (κ2) is 9.99. The molecule has 1 fully saturated rings. The summed E-state index contributed by atoms with van der Waals surface area (Å²) in [6.45, 7) is 5.46. The lowest BCUT2D eigenvalue weighted by atomic mass is 10.0. The zero-order valence-electron chi connectivity index (χ0n) is 16.4. The smallest absolute Gasteiger partial charge is 0.251 e. The first-order valence-corrected chi connectivity index (χ1v) is 9.96. The number of carbonyl (C=O) groups excluding carboxylic acids is 2. The molecule has 2 heterocycles. The molecule has 6 heteroatoms. The van der Waals surface area contributed by atoms with Gasteiger partial charge in [0, 0.05) is 55.7 Å². The third kappa shape index (κ3) is 5.63. The normalized spacial score (nSPS) is 15.2. The van der Waals surface area contributed by atoms with Gasteiger partial charge in [-0.2, -0.15) is 0 Å². The summed E-state index contributed by atoms with van der Waals surface area (Å²) >= 11 is 0. The first kappa shape index (κ1) is 20.0. The van der Waals surface area contributed by atoms with Gasteiger partial charge < -0.3 is 10.6 Å². The molecule has 0 unspecified atom stereocenters. The van der Waals surface area contributed by atoms with Gasteiger partial charge in [-0.15, -0.1) is 0 Å². The third-order valence-electron chi connectivity index (χ3n) is 5.00. The number of amides is 2. The van der Waals surface area contributed by atoms with Crippen LogP contribution in [0.4, 0.5) is 0 Å². The van der Waals surface area contributed by atoms with Crippen molar-refractivity contribution in [3.8, 4) is 0 Å². The Hall–Kier alpha value is -2.73. The molecule has 2 N–H and O–H groups in total. The summed E-state index contributed by atoms with van der Waals surface area (Å²) in [5.41, 5.74) is 2.31. The quantitative estimate of drug-likeness (QED) is 0.774. The average Bonchev–Trinajstić information content (AvgIpc) is 2.74. The van der Waals surface area contributed by atoms with Crippen LogP contribution in [0.25, 0.3) is 0 Å². The van der Waals surface area contributed by atoms with Gasteiger partial charge in [0.2, 0.25) is 0 Å². The van der Waals surface area contributed by atoms with Gasteiger partial charge in [-0.3, -0.25) is 19.5 Å². The van der Waals surface area contributed by atoms with Gasteiger partial charge >= 0.3 is 0 Å². The number of aromatic nitrogens is 1. The molecule has 3 rings (SSSR count). The van der Waals surface area contributed by atoms with E-state index in [1.807, 2.05) is 31.5 Å². The van der Waals surface area contributed by atoms with Crippen LogP contribution < -0.4 is 10.6 Å². The van der Waals surface area contributed by atoms with Gasteiger partial charge in [0.05, 0.1) is 0 Å². The topological polar surface area (TPSA) is 74.3 Å². The molecule has 0 saturated carbocycles. The highest BCUT2D eigenvalue weighted by molar-refractivity contribution is 5.99. The standard InChI is InChI=1S/C22H28N4O2/c1-2-10-24-21(27)18-4-3-5-19(15-18)22(28)25-20-8-13-26(14-9-20)16-17-6-11-23-12-7-17/h3-7,11-12,15,20H,2,8-10,13-14,16H2,1H3,(H,24,27)(H,25,28). The second-order valence-corrected chi connectivity index (χ2v) is 7.22. The Kier molecular flexibility index (Phi) is 7.14. The van der Waals surface area contributed by atoms with Crippen LogP contribution in [-0.4, -0.2) is 47.4 Å². The summed E-state index contributed by atoms with van der Waals surface area (Å²) < 4.78 is 0. The van der Waals surface area contributed by atoms with E-state index in [9.17, 15) is 9.59 Å². The van der Waals surface area contributed by atoms with Crippen molar-refractivity contribution in [1.82, 2.24) is 20.5 Å². The van der Waals surface area contributed by atoms with Crippen LogP contribution in [0.2, 0.25) is 0 Å². The van der Waals surface area contributed by atoms with Gasteiger partial charge in [0.25, 0.3) is 11.8 Å². The highest BCUT2D eigenvalue weighted by Gasteiger charge is 2.21. The molecule has 28 heavy (non-hydrogen) atoms. The molecule has 148 valence electrons. The maximum absolute atomic E-state index is 12.6. The van der Waals surface area contributed by atoms with Crippen molar-refractivity contribution in [2.24, 2.45) is 0 Å². The number of carbonyl (C=O) groups is 2. The lowest BCUT2D eigenvalue weighted by Gasteiger charge is -2.32. The Morgan fingerprint density at radius 3 is 2.43 bits per heavy atom. The number of benzene rings is 1. The van der Waals surface area contributed by atoms with E-state index in [2.05, 4.69) is 20.5 Å². The van der Waals surface area contributed by atoms with Crippen LogP contribution in [0.1, 0.15) is 52.5 Å². The molecule has 6 nitrogen and oxygen atoms in total. The molecule has 1 aromatic heterocycles. The van der Waals surface area contributed by atoms with E-state index >= 15 is 0 Å². The predicted molar refractivity (Wildman–Crippen MR) is 109 cm³/mol. The lowest BCUT2D eigenvalue weighted by molar-refractivity contribution is 0.0909. The van der Waals surface area contributed by atoms with Crippen LogP contribution in [0.15, 0.2) is 48.8 Å². The van der Waals surface area contributed by atoms with E-state index in [1.54, 1.807) is 24.3 Å². The first-order valence-electron chi connectivity index (χ1n) is 9.96. The SMILES string of the molecule is CCCNC(=O)c1cccc(C(=O)NC2CCN(Cc3ccncc3)CC2)c1. The van der Waals surface area contributed by atoms with Crippen molar-refractivity contribution < 1.29 is 9.59 Å². The number of hydrogen-bond acceptors (Lipinski definition) is 4. The maximum atomic E-state index is 12.6. The first-order chi connectivity index (χ1) is 13.7. The van der Waals surface area contributed by atoms with Crippen LogP contribution in [0, 0.1) is 0 Å². The van der Waals surface area contributed by atoms with Crippen LogP contribution >= 0.6 is 0 Å². The summed E-state index contributed by atoms with van der Waals surface area (Å²) in [5.74, 6) is -0.251. The molecule has 1 aromatic carbocycles. The van der Waals surface area contributed by atoms with Gasteiger partial charge in [-0.05, 0) is 55.2 Å². The van der Waals surface area contributed by atoms with E-state index in [0.29, 0.717) is 17.7 Å². The fraction of sp³-hybridized carbons (Fsp3) is 0.409. The summed E-state index contributed by atoms with van der Waals surface area (Å²) in [5, 5.41) is 5.96. The molecule has 0 radical (unpaired) electrons. The highest BCUT2D eigenvalue weighted by atomic mass is 16.2. The van der Waals surface area contributed by atoms with E-state index < -0.39 is 0 Å². The number of nitrogens with zero attached hydrogens (tertiary/aromatic N) is 2. The Bertz CT molecular complexity index is 786. The van der Waals surface area contributed by atoms with Crippen molar-refractivity contribution >= 4 is 11.8 Å². The largest absolute Gasteiger partial charge is 0.352 e. The van der Waals surface area contributed by atoms with Gasteiger partial charge in [0.1, 0.15) is 0 Å². The third-order valence-corrected chi connectivity index (χ3v) is 5.00. The number of rotatable bonds is 7. The molecule has 0 spiro atoms. The van der Waals surface area contributed by atoms with E-state index in [1.165, 1.54) is 5.56 Å². The molecule has 1 aliphatic rings. The Labute approximate surface area is 166 Å². The highest BCUT2D eigenvalue weighted by Crippen LogP contribution is 2.14. The van der Waals surface area contributed by atoms with E-state index in [4.69, 9.17) is 0 Å². The Balaban J connectivity index is 1.50. The second-order valence-electron chi connectivity index (χ2n) is 7.22. The molecular weight excluding hydrogens is 352 g/mol. The van der Waals surface area contributed by atoms with Crippen molar-refractivity contribution in [3.05, 3.63) is 65.5 Å². The zero-order chi connectivity index (χ0) is 19.8. The summed E-state index contributed by atoms with van der Waals surface area (Å²) in [7, 11) is 0. The monoisotopic (exact) mass is 380 g/mol. The summed E-state index contributed by atoms with van der Waals surface area (Å²) in [6.07, 6.45) is 6.37. The van der Waals surface area contributed by atoms with Gasteiger partial charge in [-0.1, -0.05) is 13.0 Å². The zero-order valence-corrected chi connectivity index (χ0v) is 16.4. The summed E-state index contributed by atoms with van der Waals surface area (Å²) in [6, 6.07) is 11.2. The molecule has 2 amide bonds. The van der Waals surface area contributed by atoms with E-state index in [0.717, 1.165) is 38.9 Å². The van der Waals surface area contributed by atoms with Crippen LogP contribution in [-0.2, 0) is 6.54 Å². The summed E-state index contributed by atoms with van der Waals surface area (Å²) in [4.78, 5) is 31.2. The molecule has 2 aromatic rings. The number of likely N-dealkylation sites (tertiary alicyclic amines) is 1. The fourth-order valence-corrected chi connectivity index (χ4v) is 3.39. The minimum absolute atomic E-state index is 0.113. The number of hydrogen-bond donors (Lipinski definition) is 2. The lowest BCUT2D eigenvalue weighted by Crippen LogP contribution is -2.44. The average molecular weight is 380 g/mol. The van der Waals surface area contributed by atoms with Crippen LogP contribution in [0.5, 0.6) is 0 Å². The maximum Gasteiger partial charge on any atom is 0.251 e. The van der Waals surface area contributed by atoms with Gasteiger partial charge in [0.15, 0.2) is 0 Å². The van der Waals surface area contributed by atoms with Crippen molar-refractivity contribution in [2.45, 2.75) is 38.8 Å². The van der Waals surface area contributed by atoms with Crippen LogP contribution in [0.3, 0.4) is 0 Å². The molecular formula is C22H28N4O2. The van der Waals surface area contributed by atoms with Crippen molar-refractivity contribution in [1.29, 1.82) is 0 Å². The number of piperidine rings is 1. The molecule has 0 atom stereocenters. The minimum Gasteiger partial charge on any atom is -0.352 e. The molecule has 0 aliphatic carbocycles. The number of pyridine rings is 1.